The second-order valence-corrected chi connectivity index (χ2v) is 8.63. The minimum Gasteiger partial charge on any atom is -0.370 e. The maximum atomic E-state index is 12.9. The number of hydrogen-bond donors (Lipinski definition) is 2. The lowest BCUT2D eigenvalue weighted by Crippen LogP contribution is -2.30. The number of primary amides is 1. The number of rotatable bonds is 10. The first-order valence-electron chi connectivity index (χ1n) is 9.66. The second-order valence-electron chi connectivity index (χ2n) is 7.56. The average Bonchev–Trinajstić information content (AvgIpc) is 3.39. The Labute approximate surface area is 169 Å². The number of nitrogens with zero attached hydrogens (tertiary/aromatic N) is 3. The first kappa shape index (κ1) is 20.4. The summed E-state index contributed by atoms with van der Waals surface area (Å²) >= 11 is 1.40. The zero-order chi connectivity index (χ0) is 20.1. The molecule has 7 nitrogen and oxygen atoms in total. The molecule has 1 aliphatic carbocycles. The fraction of sp³-hybridized carbons (Fsp3) is 0.500. The van der Waals surface area contributed by atoms with Crippen molar-refractivity contribution in [2.24, 2.45) is 11.7 Å². The fourth-order valence-electron chi connectivity index (χ4n) is 2.89. The third kappa shape index (κ3) is 5.58. The van der Waals surface area contributed by atoms with E-state index in [0.717, 1.165) is 30.8 Å². The molecular formula is C20H27N5O2S. The van der Waals surface area contributed by atoms with Gasteiger partial charge in [-0.3, -0.25) is 9.59 Å². The summed E-state index contributed by atoms with van der Waals surface area (Å²) in [6.45, 7) is 4.94. The van der Waals surface area contributed by atoms with E-state index in [1.54, 1.807) is 0 Å². The summed E-state index contributed by atoms with van der Waals surface area (Å²) in [5.41, 5.74) is 6.23. The third-order valence-electron chi connectivity index (χ3n) is 4.42. The summed E-state index contributed by atoms with van der Waals surface area (Å²) in [6, 6.07) is 10.0. The molecule has 0 radical (unpaired) electrons. The van der Waals surface area contributed by atoms with Crippen molar-refractivity contribution in [3.8, 4) is 0 Å². The molecule has 1 fully saturated rings. The predicted octanol–water partition coefficient (Wildman–Crippen LogP) is 2.46. The molecule has 1 saturated carbocycles. The standard InChI is InChI=1S/C20H27N5O2S/c1-13(2)12-25-17(11-10-16(21)26)23-24-20(25)28-18(14-6-4-3-5-7-14)19(27)22-15-8-9-15/h3-7,13,15,18H,8-12H2,1-2H3,(H2,21,26)(H,22,27)/t18-/m0/s1. The molecule has 0 spiro atoms. The lowest BCUT2D eigenvalue weighted by atomic mass is 10.1. The van der Waals surface area contributed by atoms with Gasteiger partial charge in [0, 0.05) is 25.4 Å². The Balaban J connectivity index is 1.86. The number of nitrogens with one attached hydrogen (secondary N) is 1. The zero-order valence-corrected chi connectivity index (χ0v) is 17.1. The Bertz CT molecular complexity index is 817. The molecule has 8 heteroatoms. The molecule has 3 N–H and O–H groups in total. The van der Waals surface area contributed by atoms with Gasteiger partial charge in [0.05, 0.1) is 0 Å². The highest BCUT2D eigenvalue weighted by molar-refractivity contribution is 8.00. The van der Waals surface area contributed by atoms with Gasteiger partial charge in [0.1, 0.15) is 11.1 Å². The molecule has 1 aromatic carbocycles. The van der Waals surface area contributed by atoms with Crippen LogP contribution in [0.15, 0.2) is 35.5 Å². The van der Waals surface area contributed by atoms with Crippen LogP contribution in [0.4, 0.5) is 0 Å². The fourth-order valence-corrected chi connectivity index (χ4v) is 3.96. The summed E-state index contributed by atoms with van der Waals surface area (Å²) in [6.07, 6.45) is 2.75. The molecule has 1 heterocycles. The van der Waals surface area contributed by atoms with Crippen molar-refractivity contribution in [1.29, 1.82) is 0 Å². The van der Waals surface area contributed by atoms with Crippen LogP contribution in [0.5, 0.6) is 0 Å². The average molecular weight is 402 g/mol. The maximum absolute atomic E-state index is 12.9. The van der Waals surface area contributed by atoms with Crippen molar-refractivity contribution < 1.29 is 9.59 Å². The van der Waals surface area contributed by atoms with Crippen LogP contribution in [0.3, 0.4) is 0 Å². The van der Waals surface area contributed by atoms with Crippen molar-refractivity contribution >= 4 is 23.6 Å². The van der Waals surface area contributed by atoms with Crippen LogP contribution >= 0.6 is 11.8 Å². The molecule has 0 saturated heterocycles. The number of hydrogen-bond acceptors (Lipinski definition) is 5. The normalized spacial score (nSPS) is 14.8. The molecule has 3 rings (SSSR count). The largest absolute Gasteiger partial charge is 0.370 e. The van der Waals surface area contributed by atoms with Gasteiger partial charge in [0.25, 0.3) is 0 Å². The van der Waals surface area contributed by atoms with E-state index in [9.17, 15) is 9.59 Å². The van der Waals surface area contributed by atoms with E-state index in [-0.39, 0.29) is 18.2 Å². The maximum Gasteiger partial charge on any atom is 0.238 e. The SMILES string of the molecule is CC(C)Cn1c(CCC(N)=O)nnc1S[C@H](C(=O)NC1CC1)c1ccccc1. The molecule has 1 aromatic heterocycles. The number of carbonyl (C=O) groups excluding carboxylic acids is 2. The smallest absolute Gasteiger partial charge is 0.238 e. The molecule has 2 amide bonds. The molecule has 1 aliphatic rings. The number of carbonyl (C=O) groups is 2. The van der Waals surface area contributed by atoms with Crippen LogP contribution < -0.4 is 11.1 Å². The lowest BCUT2D eigenvalue weighted by molar-refractivity contribution is -0.121. The van der Waals surface area contributed by atoms with Crippen molar-refractivity contribution in [1.82, 2.24) is 20.1 Å². The Morgan fingerprint density at radius 3 is 2.57 bits per heavy atom. The van der Waals surface area contributed by atoms with Crippen LogP contribution in [0.1, 0.15) is 49.7 Å². The van der Waals surface area contributed by atoms with Crippen molar-refractivity contribution in [3.63, 3.8) is 0 Å². The van der Waals surface area contributed by atoms with Gasteiger partial charge in [-0.25, -0.2) is 0 Å². The topological polar surface area (TPSA) is 103 Å². The number of aryl methyl sites for hydroxylation is 1. The van der Waals surface area contributed by atoms with E-state index >= 15 is 0 Å². The van der Waals surface area contributed by atoms with Gasteiger partial charge in [0.2, 0.25) is 11.8 Å². The minimum absolute atomic E-state index is 0.00326. The van der Waals surface area contributed by atoms with Gasteiger partial charge in [0.15, 0.2) is 5.16 Å². The van der Waals surface area contributed by atoms with Crippen molar-refractivity contribution in [2.75, 3.05) is 0 Å². The molecule has 0 aliphatic heterocycles. The number of amides is 2. The van der Waals surface area contributed by atoms with Gasteiger partial charge in [-0.2, -0.15) is 0 Å². The molecule has 150 valence electrons. The monoisotopic (exact) mass is 401 g/mol. The second kappa shape index (κ2) is 9.23. The summed E-state index contributed by atoms with van der Waals surface area (Å²) in [5, 5.41) is 12.0. The van der Waals surface area contributed by atoms with E-state index < -0.39 is 5.25 Å². The Kier molecular flexibility index (Phi) is 6.72. The first-order chi connectivity index (χ1) is 13.4. The van der Waals surface area contributed by atoms with E-state index in [0.29, 0.717) is 23.5 Å². The van der Waals surface area contributed by atoms with Gasteiger partial charge >= 0.3 is 0 Å². The predicted molar refractivity (Wildman–Crippen MR) is 109 cm³/mol. The highest BCUT2D eigenvalue weighted by Crippen LogP contribution is 2.36. The summed E-state index contributed by atoms with van der Waals surface area (Å²) in [5.74, 6) is 0.735. The summed E-state index contributed by atoms with van der Waals surface area (Å²) in [4.78, 5) is 24.1. The van der Waals surface area contributed by atoms with Gasteiger partial charge in [-0.05, 0) is 24.3 Å². The minimum atomic E-state index is -0.402. The Morgan fingerprint density at radius 1 is 1.25 bits per heavy atom. The lowest BCUT2D eigenvalue weighted by Gasteiger charge is -2.18. The van der Waals surface area contributed by atoms with Gasteiger partial charge in [-0.1, -0.05) is 55.9 Å². The molecular weight excluding hydrogens is 374 g/mol. The quantitative estimate of drug-likeness (QED) is 0.595. The van der Waals surface area contributed by atoms with Crippen LogP contribution in [0.25, 0.3) is 0 Å². The highest BCUT2D eigenvalue weighted by atomic mass is 32.2. The zero-order valence-electron chi connectivity index (χ0n) is 16.3. The van der Waals surface area contributed by atoms with E-state index in [2.05, 4.69) is 29.4 Å². The summed E-state index contributed by atoms with van der Waals surface area (Å²) in [7, 11) is 0. The van der Waals surface area contributed by atoms with Crippen LogP contribution in [-0.2, 0) is 22.6 Å². The highest BCUT2D eigenvalue weighted by Gasteiger charge is 2.30. The molecule has 1 atom stereocenters. The number of benzene rings is 1. The van der Waals surface area contributed by atoms with Crippen molar-refractivity contribution in [3.05, 3.63) is 41.7 Å². The molecule has 28 heavy (non-hydrogen) atoms. The number of nitrogens with two attached hydrogens (primary N) is 1. The number of aromatic nitrogens is 3. The third-order valence-corrected chi connectivity index (χ3v) is 5.66. The Hall–Kier alpha value is -2.35. The first-order valence-corrected chi connectivity index (χ1v) is 10.5. The molecule has 0 bridgehead atoms. The molecule has 0 unspecified atom stereocenters. The van der Waals surface area contributed by atoms with Crippen molar-refractivity contribution in [2.45, 2.75) is 62.5 Å². The van der Waals surface area contributed by atoms with E-state index in [1.165, 1.54) is 11.8 Å². The van der Waals surface area contributed by atoms with Gasteiger partial charge < -0.3 is 15.6 Å². The van der Waals surface area contributed by atoms with Gasteiger partial charge in [-0.15, -0.1) is 10.2 Å². The van der Waals surface area contributed by atoms with E-state index in [4.69, 9.17) is 5.73 Å². The number of thioether (sulfide) groups is 1. The van der Waals surface area contributed by atoms with Crippen LogP contribution in [-0.4, -0.2) is 32.6 Å². The summed E-state index contributed by atoms with van der Waals surface area (Å²) < 4.78 is 2.01. The molecule has 2 aromatic rings. The van der Waals surface area contributed by atoms with Crippen LogP contribution in [0, 0.1) is 5.92 Å². The Morgan fingerprint density at radius 2 is 1.96 bits per heavy atom. The van der Waals surface area contributed by atoms with Crippen LogP contribution in [0.2, 0.25) is 0 Å². The van der Waals surface area contributed by atoms with E-state index in [1.807, 2.05) is 34.9 Å².